The van der Waals surface area contributed by atoms with Crippen molar-refractivity contribution in [3.63, 3.8) is 0 Å². The molecule has 2 aromatic rings. The molecule has 160 valence electrons. The minimum absolute atomic E-state index is 0.0397. The Hall–Kier alpha value is -1.64. The predicted octanol–water partition coefficient (Wildman–Crippen LogP) is 3.28. The number of benzene rings is 2. The quantitative estimate of drug-likeness (QED) is 0.691. The van der Waals surface area contributed by atoms with Crippen LogP contribution >= 0.6 is 23.2 Å². The van der Waals surface area contributed by atoms with Gasteiger partial charge >= 0.3 is 0 Å². The lowest BCUT2D eigenvalue weighted by Gasteiger charge is -2.35. The van der Waals surface area contributed by atoms with Gasteiger partial charge in [0.05, 0.1) is 16.6 Å². The van der Waals surface area contributed by atoms with Crippen molar-refractivity contribution in [1.82, 2.24) is 9.21 Å². The molecule has 0 bridgehead atoms. The molecule has 9 heteroatoms. The highest BCUT2D eigenvalue weighted by molar-refractivity contribution is 7.89. The Morgan fingerprint density at radius 1 is 1.00 bits per heavy atom. The van der Waals surface area contributed by atoms with Crippen molar-refractivity contribution in [3.05, 3.63) is 58.1 Å². The second-order valence-corrected chi connectivity index (χ2v) is 10.4. The van der Waals surface area contributed by atoms with Crippen molar-refractivity contribution in [1.29, 1.82) is 0 Å². The van der Waals surface area contributed by atoms with Gasteiger partial charge in [-0.05, 0) is 37.1 Å². The maximum Gasteiger partial charge on any atom is 0.246 e. The number of nitrogens with zero attached hydrogens (tertiary/aromatic N) is 3. The molecular weight excluding hydrogens is 445 g/mol. The number of halogens is 2. The first-order valence-electron chi connectivity index (χ1n) is 9.85. The number of para-hydroxylation sites is 1. The molecule has 0 saturated carbocycles. The van der Waals surface area contributed by atoms with Crippen molar-refractivity contribution < 1.29 is 13.2 Å². The van der Waals surface area contributed by atoms with E-state index in [1.807, 2.05) is 28.0 Å². The summed E-state index contributed by atoms with van der Waals surface area (Å²) in [4.78, 5) is 16.8. The maximum absolute atomic E-state index is 13.0. The Bertz CT molecular complexity index is 1050. The van der Waals surface area contributed by atoms with Crippen molar-refractivity contribution >= 4 is 44.8 Å². The summed E-state index contributed by atoms with van der Waals surface area (Å²) in [6.45, 7) is 3.82. The standard InChI is InChI=1S/C21H23Cl2N3O3S/c1-15-13-16-5-2-3-8-19(16)26(15)20(27)14-24-9-11-25(12-10-24)30(28,29)21-17(22)6-4-7-18(21)23/h2-8,15H,9-14H2,1H3/t15-/m1/s1. The smallest absolute Gasteiger partial charge is 0.246 e. The van der Waals surface area contributed by atoms with Gasteiger partial charge in [-0.25, -0.2) is 8.42 Å². The van der Waals surface area contributed by atoms with Crippen LogP contribution in [0.2, 0.25) is 10.0 Å². The molecule has 0 N–H and O–H groups in total. The Labute approximate surface area is 187 Å². The molecule has 2 aromatic carbocycles. The van der Waals surface area contributed by atoms with Gasteiger partial charge in [0.1, 0.15) is 4.90 Å². The third-order valence-corrected chi connectivity index (χ3v) is 8.54. The lowest BCUT2D eigenvalue weighted by atomic mass is 10.1. The first-order chi connectivity index (χ1) is 14.3. The minimum Gasteiger partial charge on any atom is -0.308 e. The molecule has 0 aliphatic carbocycles. The number of anilines is 1. The Morgan fingerprint density at radius 3 is 2.30 bits per heavy atom. The van der Waals surface area contributed by atoms with Crippen molar-refractivity contribution in [2.75, 3.05) is 37.6 Å². The van der Waals surface area contributed by atoms with Gasteiger partial charge in [0.25, 0.3) is 0 Å². The first kappa shape index (κ1) is 21.6. The average Bonchev–Trinajstić information content (AvgIpc) is 3.04. The van der Waals surface area contributed by atoms with Crippen LogP contribution < -0.4 is 4.90 Å². The topological polar surface area (TPSA) is 60.9 Å². The van der Waals surface area contributed by atoms with Gasteiger partial charge in [-0.1, -0.05) is 47.5 Å². The second kappa shape index (κ2) is 8.48. The fraction of sp³-hybridized carbons (Fsp3) is 0.381. The largest absolute Gasteiger partial charge is 0.308 e. The van der Waals surface area contributed by atoms with E-state index in [4.69, 9.17) is 23.2 Å². The highest BCUT2D eigenvalue weighted by Crippen LogP contribution is 2.33. The molecule has 0 aromatic heterocycles. The van der Waals surface area contributed by atoms with Crippen LogP contribution in [-0.4, -0.2) is 62.3 Å². The minimum atomic E-state index is -3.79. The van der Waals surface area contributed by atoms with Crippen LogP contribution in [0.1, 0.15) is 12.5 Å². The Balaban J connectivity index is 1.41. The zero-order valence-corrected chi connectivity index (χ0v) is 18.9. The van der Waals surface area contributed by atoms with E-state index in [9.17, 15) is 13.2 Å². The summed E-state index contributed by atoms with van der Waals surface area (Å²) < 4.78 is 27.4. The molecule has 4 rings (SSSR count). The summed E-state index contributed by atoms with van der Waals surface area (Å²) in [7, 11) is -3.79. The maximum atomic E-state index is 13.0. The highest BCUT2D eigenvalue weighted by Gasteiger charge is 2.34. The summed E-state index contributed by atoms with van der Waals surface area (Å²) in [6, 6.07) is 12.8. The summed E-state index contributed by atoms with van der Waals surface area (Å²) in [5, 5.41) is 0.226. The van der Waals surface area contributed by atoms with Gasteiger partial charge in [0, 0.05) is 37.9 Å². The van der Waals surface area contributed by atoms with Crippen LogP contribution in [-0.2, 0) is 21.2 Å². The number of piperazine rings is 1. The van der Waals surface area contributed by atoms with E-state index in [-0.39, 0.29) is 46.5 Å². The molecule has 1 fully saturated rings. The Morgan fingerprint density at radius 2 is 1.63 bits per heavy atom. The summed E-state index contributed by atoms with van der Waals surface area (Å²) in [5.74, 6) is 0.0397. The van der Waals surface area contributed by atoms with Gasteiger partial charge in [0.2, 0.25) is 15.9 Å². The molecule has 0 spiro atoms. The summed E-state index contributed by atoms with van der Waals surface area (Å²) >= 11 is 12.2. The number of hydrogen-bond acceptors (Lipinski definition) is 4. The van der Waals surface area contributed by atoms with E-state index in [2.05, 4.69) is 13.0 Å². The van der Waals surface area contributed by atoms with Crippen molar-refractivity contribution in [3.8, 4) is 0 Å². The molecule has 1 amide bonds. The number of fused-ring (bicyclic) bond motifs is 1. The lowest BCUT2D eigenvalue weighted by molar-refractivity contribution is -0.120. The molecular formula is C21H23Cl2N3O3S. The van der Waals surface area contributed by atoms with Crippen LogP contribution in [0.25, 0.3) is 0 Å². The number of hydrogen-bond donors (Lipinski definition) is 0. The van der Waals surface area contributed by atoms with Crippen LogP contribution in [0.15, 0.2) is 47.4 Å². The molecule has 6 nitrogen and oxygen atoms in total. The highest BCUT2D eigenvalue weighted by atomic mass is 35.5. The van der Waals surface area contributed by atoms with E-state index in [1.165, 1.54) is 22.0 Å². The fourth-order valence-electron chi connectivity index (χ4n) is 4.20. The number of carbonyl (C=O) groups excluding carboxylic acids is 1. The van der Waals surface area contributed by atoms with E-state index >= 15 is 0 Å². The van der Waals surface area contributed by atoms with Crippen molar-refractivity contribution in [2.24, 2.45) is 0 Å². The van der Waals surface area contributed by atoms with E-state index in [0.717, 1.165) is 12.1 Å². The lowest BCUT2D eigenvalue weighted by Crippen LogP contribution is -2.52. The predicted molar refractivity (Wildman–Crippen MR) is 119 cm³/mol. The average molecular weight is 468 g/mol. The SMILES string of the molecule is C[C@@H]1Cc2ccccc2N1C(=O)CN1CCN(S(=O)(=O)c2c(Cl)cccc2Cl)CC1. The monoisotopic (exact) mass is 467 g/mol. The van der Waals surface area contributed by atoms with E-state index in [0.29, 0.717) is 13.1 Å². The van der Waals surface area contributed by atoms with Crippen LogP contribution in [0.3, 0.4) is 0 Å². The van der Waals surface area contributed by atoms with Gasteiger partial charge in [0.15, 0.2) is 0 Å². The first-order valence-corrected chi connectivity index (χ1v) is 12.0. The fourth-order valence-corrected chi connectivity index (χ4v) is 6.71. The van der Waals surface area contributed by atoms with Crippen molar-refractivity contribution in [2.45, 2.75) is 24.3 Å². The molecule has 2 aliphatic rings. The summed E-state index contributed by atoms with van der Waals surface area (Å²) in [5.41, 5.74) is 2.16. The number of rotatable bonds is 4. The van der Waals surface area contributed by atoms with Gasteiger partial charge in [-0.2, -0.15) is 4.31 Å². The van der Waals surface area contributed by atoms with Gasteiger partial charge in [-0.3, -0.25) is 9.69 Å². The molecule has 0 radical (unpaired) electrons. The van der Waals surface area contributed by atoms with Crippen LogP contribution in [0.5, 0.6) is 0 Å². The van der Waals surface area contributed by atoms with Gasteiger partial charge in [-0.15, -0.1) is 0 Å². The number of sulfonamides is 1. The molecule has 1 saturated heterocycles. The molecule has 2 heterocycles. The summed E-state index contributed by atoms with van der Waals surface area (Å²) in [6.07, 6.45) is 0.854. The molecule has 30 heavy (non-hydrogen) atoms. The van der Waals surface area contributed by atoms with Gasteiger partial charge < -0.3 is 4.90 Å². The molecule has 2 aliphatic heterocycles. The second-order valence-electron chi connectivity index (χ2n) is 7.68. The zero-order valence-electron chi connectivity index (χ0n) is 16.6. The number of carbonyl (C=O) groups is 1. The third-order valence-electron chi connectivity index (χ3n) is 5.68. The Kier molecular flexibility index (Phi) is 6.10. The third kappa shape index (κ3) is 3.97. The zero-order chi connectivity index (χ0) is 21.5. The normalized spacial score (nSPS) is 20.4. The van der Waals surface area contributed by atoms with E-state index < -0.39 is 10.0 Å². The molecule has 0 unspecified atom stereocenters. The van der Waals surface area contributed by atoms with Crippen LogP contribution in [0, 0.1) is 0 Å². The van der Waals surface area contributed by atoms with Crippen LogP contribution in [0.4, 0.5) is 5.69 Å². The van der Waals surface area contributed by atoms with E-state index in [1.54, 1.807) is 6.07 Å². The number of amides is 1. The molecule has 1 atom stereocenters.